The summed E-state index contributed by atoms with van der Waals surface area (Å²) in [5.74, 6) is 5.54. The summed E-state index contributed by atoms with van der Waals surface area (Å²) in [4.78, 5) is 0. The number of hydrogen-bond donors (Lipinski definition) is 0. The van der Waals surface area contributed by atoms with Crippen LogP contribution in [0.4, 0.5) is 0 Å². The Bertz CT molecular complexity index is 391. The van der Waals surface area contributed by atoms with Crippen molar-refractivity contribution in [2.45, 2.75) is 121 Å². The molecule has 0 nitrogen and oxygen atoms in total. The molecule has 0 aromatic carbocycles. The highest BCUT2D eigenvalue weighted by Gasteiger charge is 2.38. The lowest BCUT2D eigenvalue weighted by Crippen LogP contribution is -2.36. The van der Waals surface area contributed by atoms with E-state index in [4.69, 9.17) is 0 Å². The van der Waals surface area contributed by atoms with Crippen LogP contribution in [0.25, 0.3) is 0 Å². The van der Waals surface area contributed by atoms with Crippen LogP contribution in [0.1, 0.15) is 121 Å². The first-order valence-corrected chi connectivity index (χ1v) is 12.7. The van der Waals surface area contributed by atoms with E-state index < -0.39 is 0 Å². The first kappa shape index (κ1) is 27.7. The van der Waals surface area contributed by atoms with Gasteiger partial charge in [0.1, 0.15) is 0 Å². The molecule has 0 aliphatic heterocycles. The van der Waals surface area contributed by atoms with E-state index in [0.29, 0.717) is 11.3 Å². The van der Waals surface area contributed by atoms with E-state index in [1.807, 2.05) is 0 Å². The van der Waals surface area contributed by atoms with Crippen LogP contribution in [-0.4, -0.2) is 0 Å². The monoisotopic (exact) mass is 392 g/mol. The molecule has 0 fully saturated rings. The quantitative estimate of drug-likeness (QED) is 0.229. The van der Waals surface area contributed by atoms with E-state index >= 15 is 0 Å². The first-order valence-electron chi connectivity index (χ1n) is 12.7. The van der Waals surface area contributed by atoms with Crippen molar-refractivity contribution in [1.82, 2.24) is 0 Å². The zero-order valence-corrected chi connectivity index (χ0v) is 21.5. The second kappa shape index (κ2) is 13.9. The highest BCUT2D eigenvalue weighted by atomic mass is 14.4. The Morgan fingerprint density at radius 2 is 1.39 bits per heavy atom. The van der Waals surface area contributed by atoms with Gasteiger partial charge in [0.2, 0.25) is 0 Å². The van der Waals surface area contributed by atoms with Gasteiger partial charge in [0.25, 0.3) is 0 Å². The Morgan fingerprint density at radius 3 is 1.79 bits per heavy atom. The summed E-state index contributed by atoms with van der Waals surface area (Å²) < 4.78 is 0. The molecule has 0 aliphatic rings. The molecule has 0 heteroatoms. The molecule has 28 heavy (non-hydrogen) atoms. The van der Waals surface area contributed by atoms with E-state index in [1.165, 1.54) is 51.4 Å². The zero-order chi connectivity index (χ0) is 21.9. The van der Waals surface area contributed by atoms with Gasteiger partial charge in [-0.15, -0.1) is 6.58 Å². The molecule has 0 saturated heterocycles. The van der Waals surface area contributed by atoms with Crippen molar-refractivity contribution in [3.05, 3.63) is 12.7 Å². The van der Waals surface area contributed by atoms with Crippen LogP contribution >= 0.6 is 0 Å². The predicted octanol–water partition coefficient (Wildman–Crippen LogP) is 9.79. The van der Waals surface area contributed by atoms with Crippen LogP contribution in [0, 0.1) is 46.8 Å². The summed E-state index contributed by atoms with van der Waals surface area (Å²) >= 11 is 0. The fraction of sp³-hybridized carbons (Fsp3) is 0.929. The lowest BCUT2D eigenvalue weighted by atomic mass is 9.61. The first-order chi connectivity index (χ1) is 13.1. The van der Waals surface area contributed by atoms with Crippen molar-refractivity contribution < 1.29 is 0 Å². The van der Waals surface area contributed by atoms with Gasteiger partial charge in [-0.25, -0.2) is 0 Å². The van der Waals surface area contributed by atoms with Crippen LogP contribution in [0.5, 0.6) is 0 Å². The third kappa shape index (κ3) is 8.23. The van der Waals surface area contributed by atoms with Gasteiger partial charge in [-0.3, -0.25) is 0 Å². The van der Waals surface area contributed by atoms with Gasteiger partial charge in [-0.05, 0) is 72.5 Å². The second-order valence-electron chi connectivity index (χ2n) is 10.8. The third-order valence-electron chi connectivity index (χ3n) is 8.32. The standard InChI is InChI=1S/C28H56/c1-12-17-25(15-4)26(16-5)23(9)27(28(10,11)20-13-2)19-18-24(14-3)22(8)21(6)7/h15,21-27H,4,12-14,16-20H2,1-3,5-11H3. The topological polar surface area (TPSA) is 0 Å². The Morgan fingerprint density at radius 1 is 0.786 bits per heavy atom. The molecule has 168 valence electrons. The highest BCUT2D eigenvalue weighted by Crippen LogP contribution is 2.46. The van der Waals surface area contributed by atoms with Crippen LogP contribution < -0.4 is 0 Å². The molecule has 0 amide bonds. The minimum absolute atomic E-state index is 0.429. The summed E-state index contributed by atoms with van der Waals surface area (Å²) in [5.41, 5.74) is 0.429. The molecule has 0 spiro atoms. The smallest absolute Gasteiger partial charge is 0.0205 e. The maximum atomic E-state index is 4.22. The molecule has 6 unspecified atom stereocenters. The third-order valence-corrected chi connectivity index (χ3v) is 8.32. The van der Waals surface area contributed by atoms with E-state index in [9.17, 15) is 0 Å². The van der Waals surface area contributed by atoms with E-state index in [2.05, 4.69) is 81.9 Å². The molecule has 0 radical (unpaired) electrons. The SMILES string of the molecule is C=CC(CCC)C(CC)C(C)C(CCC(CC)C(C)C(C)C)C(C)(C)CCC. The van der Waals surface area contributed by atoms with Crippen LogP contribution in [0.3, 0.4) is 0 Å². The van der Waals surface area contributed by atoms with Crippen molar-refractivity contribution in [2.75, 3.05) is 0 Å². The molecule has 0 aromatic heterocycles. The number of hydrogen-bond acceptors (Lipinski definition) is 0. The molecule has 0 aromatic rings. The van der Waals surface area contributed by atoms with Crippen LogP contribution in [0.2, 0.25) is 0 Å². The van der Waals surface area contributed by atoms with Crippen molar-refractivity contribution in [3.8, 4) is 0 Å². The van der Waals surface area contributed by atoms with Crippen LogP contribution in [0.15, 0.2) is 12.7 Å². The maximum Gasteiger partial charge on any atom is -0.0205 e. The van der Waals surface area contributed by atoms with Gasteiger partial charge < -0.3 is 0 Å². The summed E-state index contributed by atoms with van der Waals surface area (Å²) in [7, 11) is 0. The Hall–Kier alpha value is -0.260. The summed E-state index contributed by atoms with van der Waals surface area (Å²) in [6, 6.07) is 0. The normalized spacial score (nSPS) is 19.1. The molecule has 0 rings (SSSR count). The average Bonchev–Trinajstić information content (AvgIpc) is 2.64. The predicted molar refractivity (Wildman–Crippen MR) is 131 cm³/mol. The molecular weight excluding hydrogens is 336 g/mol. The minimum atomic E-state index is 0.429. The van der Waals surface area contributed by atoms with Gasteiger partial charge in [-0.1, -0.05) is 101 Å². The zero-order valence-electron chi connectivity index (χ0n) is 21.5. The van der Waals surface area contributed by atoms with Crippen molar-refractivity contribution in [2.24, 2.45) is 46.8 Å². The van der Waals surface area contributed by atoms with Crippen molar-refractivity contribution >= 4 is 0 Å². The Labute approximate surface area is 180 Å². The molecule has 6 atom stereocenters. The maximum absolute atomic E-state index is 4.22. The molecular formula is C28H56. The number of rotatable bonds is 16. The van der Waals surface area contributed by atoms with Gasteiger partial charge in [0.15, 0.2) is 0 Å². The van der Waals surface area contributed by atoms with E-state index in [-0.39, 0.29) is 0 Å². The van der Waals surface area contributed by atoms with Crippen molar-refractivity contribution in [3.63, 3.8) is 0 Å². The van der Waals surface area contributed by atoms with E-state index in [1.54, 1.807) is 0 Å². The highest BCUT2D eigenvalue weighted by molar-refractivity contribution is 4.92. The molecule has 0 N–H and O–H groups in total. The van der Waals surface area contributed by atoms with Gasteiger partial charge >= 0.3 is 0 Å². The van der Waals surface area contributed by atoms with E-state index in [0.717, 1.165) is 35.5 Å². The fourth-order valence-electron chi connectivity index (χ4n) is 6.17. The molecule has 0 saturated carbocycles. The lowest BCUT2D eigenvalue weighted by molar-refractivity contribution is 0.0601. The second-order valence-corrected chi connectivity index (χ2v) is 10.8. The average molecular weight is 393 g/mol. The largest absolute Gasteiger partial charge is 0.103 e. The Kier molecular flexibility index (Phi) is 13.7. The summed E-state index contributed by atoms with van der Waals surface area (Å²) in [6.45, 7) is 28.7. The number of allylic oxidation sites excluding steroid dienone is 1. The fourth-order valence-corrected chi connectivity index (χ4v) is 6.17. The van der Waals surface area contributed by atoms with Gasteiger partial charge in [-0.2, -0.15) is 0 Å². The Balaban J connectivity index is 5.58. The van der Waals surface area contributed by atoms with Crippen molar-refractivity contribution in [1.29, 1.82) is 0 Å². The van der Waals surface area contributed by atoms with Crippen LogP contribution in [-0.2, 0) is 0 Å². The molecule has 0 heterocycles. The molecule has 0 bridgehead atoms. The van der Waals surface area contributed by atoms with Gasteiger partial charge in [0.05, 0.1) is 0 Å². The molecule has 0 aliphatic carbocycles. The lowest BCUT2D eigenvalue weighted by Gasteiger charge is -2.44. The van der Waals surface area contributed by atoms with Gasteiger partial charge in [0, 0.05) is 0 Å². The summed E-state index contributed by atoms with van der Waals surface area (Å²) in [5, 5.41) is 0. The summed E-state index contributed by atoms with van der Waals surface area (Å²) in [6.07, 6.45) is 12.9. The minimum Gasteiger partial charge on any atom is -0.103 e.